The van der Waals surface area contributed by atoms with E-state index in [1.165, 1.54) is 6.33 Å². The number of nitrogens with zero attached hydrogens (tertiary/aromatic N) is 5. The summed E-state index contributed by atoms with van der Waals surface area (Å²) in [5.41, 5.74) is 3.46. The third-order valence-corrected chi connectivity index (χ3v) is 4.57. The third kappa shape index (κ3) is 3.77. The van der Waals surface area contributed by atoms with E-state index in [-0.39, 0.29) is 18.3 Å². The van der Waals surface area contributed by atoms with Gasteiger partial charge >= 0.3 is 5.97 Å². The number of esters is 1. The van der Waals surface area contributed by atoms with Crippen LogP contribution in [0.4, 0.5) is 5.69 Å². The van der Waals surface area contributed by atoms with Crippen LogP contribution in [0, 0.1) is 0 Å². The first-order valence-electron chi connectivity index (χ1n) is 9.31. The average Bonchev–Trinajstić information content (AvgIpc) is 3.29. The molecule has 0 spiro atoms. The molecule has 0 fully saturated rings. The highest BCUT2D eigenvalue weighted by molar-refractivity contribution is 6.03. The highest BCUT2D eigenvalue weighted by Gasteiger charge is 2.20. The summed E-state index contributed by atoms with van der Waals surface area (Å²) in [6, 6.07) is 15.4. The standard InChI is InChI=1S/C21H20N6O2/c1-3-29-21(28)20-19(17-6-4-5-7-18(17)25-26-20)24-14(2)15-8-10-16(11-9-15)27-13-22-12-23-27/h4-14H,3H2,1-2H3,(H,24,25). The molecule has 2 aromatic heterocycles. The quantitative estimate of drug-likeness (QED) is 0.505. The summed E-state index contributed by atoms with van der Waals surface area (Å²) in [7, 11) is 0. The van der Waals surface area contributed by atoms with Gasteiger partial charge in [-0.3, -0.25) is 0 Å². The van der Waals surface area contributed by atoms with E-state index < -0.39 is 5.97 Å². The van der Waals surface area contributed by atoms with Crippen molar-refractivity contribution in [1.82, 2.24) is 25.0 Å². The molecule has 8 nitrogen and oxygen atoms in total. The van der Waals surface area contributed by atoms with Crippen LogP contribution < -0.4 is 5.32 Å². The normalized spacial score (nSPS) is 11.9. The number of nitrogens with one attached hydrogen (secondary N) is 1. The first kappa shape index (κ1) is 18.5. The molecule has 2 aromatic carbocycles. The summed E-state index contributed by atoms with van der Waals surface area (Å²) in [6.45, 7) is 4.06. The Labute approximate surface area is 167 Å². The van der Waals surface area contributed by atoms with Crippen LogP contribution >= 0.6 is 0 Å². The van der Waals surface area contributed by atoms with Crippen molar-refractivity contribution >= 4 is 22.6 Å². The topological polar surface area (TPSA) is 94.8 Å². The summed E-state index contributed by atoms with van der Waals surface area (Å²) in [5.74, 6) is -0.498. The Morgan fingerprint density at radius 3 is 2.66 bits per heavy atom. The SMILES string of the molecule is CCOC(=O)c1nnc2ccccc2c1NC(C)c1ccc(-n2cncn2)cc1. The summed E-state index contributed by atoms with van der Waals surface area (Å²) < 4.78 is 6.86. The maximum Gasteiger partial charge on any atom is 0.361 e. The van der Waals surface area contributed by atoms with Crippen LogP contribution in [-0.4, -0.2) is 37.5 Å². The highest BCUT2D eigenvalue weighted by Crippen LogP contribution is 2.29. The van der Waals surface area contributed by atoms with Crippen LogP contribution in [0.25, 0.3) is 16.6 Å². The monoisotopic (exact) mass is 388 g/mol. The first-order valence-corrected chi connectivity index (χ1v) is 9.31. The Hall–Kier alpha value is -3.81. The zero-order valence-corrected chi connectivity index (χ0v) is 16.1. The van der Waals surface area contributed by atoms with E-state index in [4.69, 9.17) is 4.74 Å². The molecule has 0 aliphatic rings. The third-order valence-electron chi connectivity index (χ3n) is 4.57. The lowest BCUT2D eigenvalue weighted by Crippen LogP contribution is -2.15. The summed E-state index contributed by atoms with van der Waals surface area (Å²) >= 11 is 0. The predicted molar refractivity (Wildman–Crippen MR) is 109 cm³/mol. The van der Waals surface area contributed by atoms with Gasteiger partial charge in [0.25, 0.3) is 0 Å². The number of hydrogen-bond acceptors (Lipinski definition) is 7. The molecule has 0 amide bonds. The van der Waals surface area contributed by atoms with Gasteiger partial charge < -0.3 is 10.1 Å². The highest BCUT2D eigenvalue weighted by atomic mass is 16.5. The lowest BCUT2D eigenvalue weighted by Gasteiger charge is -2.19. The molecule has 1 N–H and O–H groups in total. The van der Waals surface area contributed by atoms with E-state index in [2.05, 4.69) is 25.6 Å². The molecule has 2 heterocycles. The predicted octanol–water partition coefficient (Wildman–Crippen LogP) is 3.56. The Kier molecular flexibility index (Phi) is 5.15. The van der Waals surface area contributed by atoms with Crippen molar-refractivity contribution in [3.8, 4) is 5.69 Å². The fourth-order valence-corrected chi connectivity index (χ4v) is 3.10. The number of carbonyl (C=O) groups excluding carboxylic acids is 1. The second-order valence-corrected chi connectivity index (χ2v) is 6.46. The second kappa shape index (κ2) is 8.05. The Bertz CT molecular complexity index is 1130. The molecule has 0 aliphatic carbocycles. The molecule has 4 rings (SSSR count). The average molecular weight is 388 g/mol. The van der Waals surface area contributed by atoms with Gasteiger partial charge in [0.05, 0.1) is 23.5 Å². The Morgan fingerprint density at radius 1 is 1.14 bits per heavy atom. The number of rotatable bonds is 6. The van der Waals surface area contributed by atoms with Crippen molar-refractivity contribution in [1.29, 1.82) is 0 Å². The maximum absolute atomic E-state index is 12.4. The zero-order chi connectivity index (χ0) is 20.2. The Morgan fingerprint density at radius 2 is 1.93 bits per heavy atom. The zero-order valence-electron chi connectivity index (χ0n) is 16.1. The van der Waals surface area contributed by atoms with E-state index in [1.807, 2.05) is 55.5 Å². The van der Waals surface area contributed by atoms with Gasteiger partial charge in [0.2, 0.25) is 0 Å². The summed E-state index contributed by atoms with van der Waals surface area (Å²) in [5, 5.41) is 16.6. The molecule has 1 atom stereocenters. The van der Waals surface area contributed by atoms with Gasteiger partial charge in [0.1, 0.15) is 12.7 Å². The molecule has 0 aliphatic heterocycles. The minimum absolute atomic E-state index is 0.0828. The molecule has 0 bridgehead atoms. The molecule has 0 saturated heterocycles. The van der Waals surface area contributed by atoms with E-state index in [0.717, 1.165) is 16.6 Å². The van der Waals surface area contributed by atoms with E-state index in [1.54, 1.807) is 17.9 Å². The molecule has 146 valence electrons. The van der Waals surface area contributed by atoms with Gasteiger partial charge in [-0.2, -0.15) is 5.10 Å². The maximum atomic E-state index is 12.4. The molecule has 29 heavy (non-hydrogen) atoms. The largest absolute Gasteiger partial charge is 0.461 e. The number of benzene rings is 2. The van der Waals surface area contributed by atoms with E-state index in [0.29, 0.717) is 11.2 Å². The number of ether oxygens (including phenoxy) is 1. The lowest BCUT2D eigenvalue weighted by molar-refractivity contribution is 0.0519. The first-order chi connectivity index (χ1) is 14.2. The van der Waals surface area contributed by atoms with Crippen LogP contribution in [0.5, 0.6) is 0 Å². The van der Waals surface area contributed by atoms with Gasteiger partial charge in [-0.05, 0) is 37.6 Å². The number of fused-ring (bicyclic) bond motifs is 1. The molecule has 8 heteroatoms. The summed E-state index contributed by atoms with van der Waals surface area (Å²) in [4.78, 5) is 16.4. The van der Waals surface area contributed by atoms with E-state index in [9.17, 15) is 4.79 Å². The van der Waals surface area contributed by atoms with Crippen molar-refractivity contribution < 1.29 is 9.53 Å². The fraction of sp³-hybridized carbons (Fsp3) is 0.190. The van der Waals surface area contributed by atoms with Gasteiger partial charge in [0.15, 0.2) is 5.69 Å². The van der Waals surface area contributed by atoms with Gasteiger partial charge in [0, 0.05) is 11.4 Å². The van der Waals surface area contributed by atoms with Crippen molar-refractivity contribution in [2.45, 2.75) is 19.9 Å². The minimum atomic E-state index is -0.498. The minimum Gasteiger partial charge on any atom is -0.461 e. The molecule has 4 aromatic rings. The van der Waals surface area contributed by atoms with E-state index >= 15 is 0 Å². The van der Waals surface area contributed by atoms with Crippen molar-refractivity contribution in [2.75, 3.05) is 11.9 Å². The van der Waals surface area contributed by atoms with Gasteiger partial charge in [-0.15, -0.1) is 10.2 Å². The van der Waals surface area contributed by atoms with Crippen LogP contribution in [0.2, 0.25) is 0 Å². The summed E-state index contributed by atoms with van der Waals surface area (Å²) in [6.07, 6.45) is 3.15. The molecular weight excluding hydrogens is 368 g/mol. The van der Waals surface area contributed by atoms with Crippen molar-refractivity contribution in [3.63, 3.8) is 0 Å². The van der Waals surface area contributed by atoms with Gasteiger partial charge in [-0.25, -0.2) is 14.5 Å². The van der Waals surface area contributed by atoms with Crippen LogP contribution in [0.1, 0.15) is 35.9 Å². The van der Waals surface area contributed by atoms with Gasteiger partial charge in [-0.1, -0.05) is 30.3 Å². The molecule has 1 unspecified atom stereocenters. The Balaban J connectivity index is 1.67. The molecular formula is C21H20N6O2. The molecule has 0 saturated carbocycles. The number of hydrogen-bond donors (Lipinski definition) is 1. The van der Waals surface area contributed by atoms with Crippen LogP contribution in [-0.2, 0) is 4.74 Å². The van der Waals surface area contributed by atoms with Crippen LogP contribution in [0.3, 0.4) is 0 Å². The number of carbonyl (C=O) groups is 1. The molecule has 0 radical (unpaired) electrons. The van der Waals surface area contributed by atoms with Crippen molar-refractivity contribution in [2.24, 2.45) is 0 Å². The smallest absolute Gasteiger partial charge is 0.361 e. The lowest BCUT2D eigenvalue weighted by atomic mass is 10.1. The van der Waals surface area contributed by atoms with Crippen LogP contribution in [0.15, 0.2) is 61.2 Å². The van der Waals surface area contributed by atoms with Crippen molar-refractivity contribution in [3.05, 3.63) is 72.4 Å². The fourth-order valence-electron chi connectivity index (χ4n) is 3.10. The number of anilines is 1. The number of aromatic nitrogens is 5. The second-order valence-electron chi connectivity index (χ2n) is 6.46.